The summed E-state index contributed by atoms with van der Waals surface area (Å²) in [5.74, 6) is -1.30. The number of morpholine rings is 1. The number of Topliss-reactive ketones (excluding diaryl/α,β-unsaturated/α-hetero) is 1. The molecule has 0 saturated carbocycles. The number of hydrogen-bond acceptors (Lipinski definition) is 4. The van der Waals surface area contributed by atoms with Crippen molar-refractivity contribution in [2.45, 2.75) is 13.0 Å². The summed E-state index contributed by atoms with van der Waals surface area (Å²) >= 11 is 0. The predicted octanol–water partition coefficient (Wildman–Crippen LogP) is 1.33. The number of nitrogens with one attached hydrogen (secondary N) is 1. The number of aryl methyl sites for hydroxylation is 1. The molecule has 30 heavy (non-hydrogen) atoms. The van der Waals surface area contributed by atoms with Crippen LogP contribution in [0.15, 0.2) is 60.2 Å². The van der Waals surface area contributed by atoms with Gasteiger partial charge in [0.1, 0.15) is 18.8 Å². The van der Waals surface area contributed by atoms with E-state index < -0.39 is 17.7 Å². The van der Waals surface area contributed by atoms with E-state index in [1.165, 1.54) is 4.90 Å². The van der Waals surface area contributed by atoms with Crippen molar-refractivity contribution in [3.8, 4) is 0 Å². The zero-order chi connectivity index (χ0) is 21.1. The normalized spacial score (nSPS) is 21.9. The molecule has 156 valence electrons. The van der Waals surface area contributed by atoms with Crippen molar-refractivity contribution in [1.29, 1.82) is 0 Å². The second-order valence-electron chi connectivity index (χ2n) is 7.88. The van der Waals surface area contributed by atoms with E-state index in [-0.39, 0.29) is 11.3 Å². The smallest absolute Gasteiger partial charge is 0.295 e. The quantitative estimate of drug-likeness (QED) is 0.446. The SMILES string of the molecule is Cc1ccc(C(O)=C2C(=O)C(=O)N(CC[NH+]3CCOCC3)[C@@H]2c2ccccc2)cc1. The minimum absolute atomic E-state index is 0.122. The van der Waals surface area contributed by atoms with Gasteiger partial charge in [0.05, 0.1) is 37.9 Å². The lowest BCUT2D eigenvalue weighted by Crippen LogP contribution is -3.14. The Morgan fingerprint density at radius 3 is 2.40 bits per heavy atom. The summed E-state index contributed by atoms with van der Waals surface area (Å²) < 4.78 is 5.41. The Hall–Kier alpha value is -2.96. The van der Waals surface area contributed by atoms with Crippen LogP contribution in [0.4, 0.5) is 0 Å². The Morgan fingerprint density at radius 1 is 1.07 bits per heavy atom. The summed E-state index contributed by atoms with van der Waals surface area (Å²) in [5.41, 5.74) is 2.58. The highest BCUT2D eigenvalue weighted by Crippen LogP contribution is 2.38. The van der Waals surface area contributed by atoms with Crippen molar-refractivity contribution in [2.75, 3.05) is 39.4 Å². The van der Waals surface area contributed by atoms with E-state index in [0.29, 0.717) is 25.3 Å². The standard InChI is InChI=1S/C24H26N2O4/c1-17-7-9-19(10-8-17)22(27)20-21(18-5-3-2-4-6-18)26(24(29)23(20)28)12-11-25-13-15-30-16-14-25/h2-10,21,27H,11-16H2,1H3/p+1/t21-/m1/s1. The number of carbonyl (C=O) groups is 2. The fraction of sp³-hybridized carbons (Fsp3) is 0.333. The number of ether oxygens (including phenoxy) is 1. The molecule has 2 saturated heterocycles. The monoisotopic (exact) mass is 407 g/mol. The van der Waals surface area contributed by atoms with Gasteiger partial charge in [-0.15, -0.1) is 0 Å². The van der Waals surface area contributed by atoms with Gasteiger partial charge in [0.2, 0.25) is 0 Å². The second kappa shape index (κ2) is 8.81. The molecule has 2 heterocycles. The van der Waals surface area contributed by atoms with Gasteiger partial charge in [-0.05, 0) is 12.5 Å². The van der Waals surface area contributed by atoms with Crippen molar-refractivity contribution >= 4 is 17.4 Å². The maximum Gasteiger partial charge on any atom is 0.295 e. The summed E-state index contributed by atoms with van der Waals surface area (Å²) in [4.78, 5) is 28.9. The lowest BCUT2D eigenvalue weighted by molar-refractivity contribution is -0.907. The number of ketones is 1. The highest BCUT2D eigenvalue weighted by Gasteiger charge is 2.46. The van der Waals surface area contributed by atoms with Crippen LogP contribution < -0.4 is 4.90 Å². The third-order valence-electron chi connectivity index (χ3n) is 5.89. The van der Waals surface area contributed by atoms with Crippen LogP contribution in [0.3, 0.4) is 0 Å². The molecule has 0 unspecified atom stereocenters. The number of quaternary nitrogens is 1. The summed E-state index contributed by atoms with van der Waals surface area (Å²) in [6.07, 6.45) is 0. The van der Waals surface area contributed by atoms with E-state index in [0.717, 1.165) is 30.8 Å². The highest BCUT2D eigenvalue weighted by molar-refractivity contribution is 6.46. The molecule has 0 aromatic heterocycles. The van der Waals surface area contributed by atoms with Crippen LogP contribution in [0, 0.1) is 6.92 Å². The maximum atomic E-state index is 13.0. The number of benzene rings is 2. The van der Waals surface area contributed by atoms with E-state index >= 15 is 0 Å². The second-order valence-corrected chi connectivity index (χ2v) is 7.88. The zero-order valence-electron chi connectivity index (χ0n) is 17.1. The molecule has 0 spiro atoms. The molecule has 0 bridgehead atoms. The number of hydrogen-bond donors (Lipinski definition) is 2. The third kappa shape index (κ3) is 4.01. The van der Waals surface area contributed by atoms with Crippen LogP contribution >= 0.6 is 0 Å². The van der Waals surface area contributed by atoms with Crippen molar-refractivity contribution in [1.82, 2.24) is 4.90 Å². The van der Waals surface area contributed by atoms with Gasteiger partial charge in [0.15, 0.2) is 0 Å². The number of aliphatic hydroxyl groups excluding tert-OH is 1. The first-order chi connectivity index (χ1) is 14.6. The molecule has 2 aromatic rings. The summed E-state index contributed by atoms with van der Waals surface area (Å²) in [5, 5.41) is 11.0. The zero-order valence-corrected chi connectivity index (χ0v) is 17.1. The lowest BCUT2D eigenvalue weighted by atomic mass is 9.95. The van der Waals surface area contributed by atoms with E-state index in [1.807, 2.05) is 49.4 Å². The summed E-state index contributed by atoms with van der Waals surface area (Å²) in [6.45, 7) is 6.36. The topological polar surface area (TPSA) is 71.3 Å². The van der Waals surface area contributed by atoms with Crippen molar-refractivity contribution in [3.05, 3.63) is 76.9 Å². The van der Waals surface area contributed by atoms with Crippen LogP contribution in [0.2, 0.25) is 0 Å². The molecule has 2 aromatic carbocycles. The van der Waals surface area contributed by atoms with Gasteiger partial charge in [-0.3, -0.25) is 9.59 Å². The van der Waals surface area contributed by atoms with Gasteiger partial charge in [-0.25, -0.2) is 0 Å². The summed E-state index contributed by atoms with van der Waals surface area (Å²) in [7, 11) is 0. The maximum absolute atomic E-state index is 13.0. The molecule has 6 nitrogen and oxygen atoms in total. The number of amides is 1. The number of rotatable bonds is 5. The van der Waals surface area contributed by atoms with Gasteiger partial charge < -0.3 is 19.6 Å². The molecule has 1 amide bonds. The minimum atomic E-state index is -0.626. The Labute approximate surface area is 176 Å². The van der Waals surface area contributed by atoms with Crippen LogP contribution in [-0.4, -0.2) is 61.1 Å². The van der Waals surface area contributed by atoms with E-state index in [2.05, 4.69) is 0 Å². The van der Waals surface area contributed by atoms with Crippen LogP contribution in [-0.2, 0) is 14.3 Å². The Balaban J connectivity index is 1.71. The average Bonchev–Trinajstić information content (AvgIpc) is 3.04. The molecule has 0 aliphatic carbocycles. The van der Waals surface area contributed by atoms with Crippen LogP contribution in [0.25, 0.3) is 5.76 Å². The first-order valence-corrected chi connectivity index (χ1v) is 10.4. The van der Waals surface area contributed by atoms with Gasteiger partial charge in [0, 0.05) is 5.56 Å². The molecule has 6 heteroatoms. The number of carbonyl (C=O) groups excluding carboxylic acids is 2. The number of nitrogens with zero attached hydrogens (tertiary/aromatic N) is 1. The van der Waals surface area contributed by atoms with E-state index in [9.17, 15) is 14.7 Å². The number of aliphatic hydroxyl groups is 1. The Kier molecular flexibility index (Phi) is 5.97. The number of likely N-dealkylation sites (tertiary alicyclic amines) is 1. The molecular weight excluding hydrogens is 380 g/mol. The minimum Gasteiger partial charge on any atom is -0.507 e. The molecule has 2 aliphatic heterocycles. The third-order valence-corrected chi connectivity index (χ3v) is 5.89. The Bertz CT molecular complexity index is 947. The van der Waals surface area contributed by atoms with Gasteiger partial charge >= 0.3 is 0 Å². The van der Waals surface area contributed by atoms with Gasteiger partial charge in [0.25, 0.3) is 11.7 Å². The van der Waals surface area contributed by atoms with Crippen LogP contribution in [0.5, 0.6) is 0 Å². The van der Waals surface area contributed by atoms with Gasteiger partial charge in [-0.2, -0.15) is 0 Å². The summed E-state index contributed by atoms with van der Waals surface area (Å²) in [6, 6.07) is 16.2. The first kappa shape index (κ1) is 20.3. The van der Waals surface area contributed by atoms with E-state index in [1.54, 1.807) is 17.0 Å². The molecule has 4 rings (SSSR count). The average molecular weight is 407 g/mol. The molecule has 2 fully saturated rings. The van der Waals surface area contributed by atoms with Crippen molar-refractivity contribution < 1.29 is 24.3 Å². The first-order valence-electron chi connectivity index (χ1n) is 10.4. The highest BCUT2D eigenvalue weighted by atomic mass is 16.5. The molecule has 0 radical (unpaired) electrons. The fourth-order valence-electron chi connectivity index (χ4n) is 4.15. The largest absolute Gasteiger partial charge is 0.507 e. The molecule has 2 aliphatic rings. The lowest BCUT2D eigenvalue weighted by Gasteiger charge is -2.29. The fourth-order valence-corrected chi connectivity index (χ4v) is 4.15. The molecular formula is C24H27N2O4+. The predicted molar refractivity (Wildman–Crippen MR) is 113 cm³/mol. The van der Waals surface area contributed by atoms with Gasteiger partial charge in [-0.1, -0.05) is 60.2 Å². The molecule has 2 N–H and O–H groups in total. The van der Waals surface area contributed by atoms with Crippen molar-refractivity contribution in [2.24, 2.45) is 0 Å². The van der Waals surface area contributed by atoms with Crippen LogP contribution in [0.1, 0.15) is 22.7 Å². The molecule has 1 atom stereocenters. The Morgan fingerprint density at radius 2 is 1.73 bits per heavy atom. The van der Waals surface area contributed by atoms with E-state index in [4.69, 9.17) is 4.74 Å². The van der Waals surface area contributed by atoms with Crippen molar-refractivity contribution in [3.63, 3.8) is 0 Å².